The van der Waals surface area contributed by atoms with Gasteiger partial charge in [0.1, 0.15) is 15.7 Å². The number of carbonyl (C=O) groups excluding carboxylic acids is 1. The number of amides is 1. The van der Waals surface area contributed by atoms with E-state index in [0.29, 0.717) is 40.7 Å². The average molecular weight is 374 g/mol. The predicted octanol–water partition coefficient (Wildman–Crippen LogP) is 4.02. The molecule has 1 aromatic carbocycles. The number of piperidine rings is 1. The summed E-state index contributed by atoms with van der Waals surface area (Å²) in [6, 6.07) is 6.29. The molecule has 0 bridgehead atoms. The molecule has 1 saturated carbocycles. The molecule has 0 unspecified atom stereocenters. The smallest absolute Gasteiger partial charge is 0.265 e. The number of aliphatic hydroxyl groups is 1. The van der Waals surface area contributed by atoms with E-state index >= 15 is 0 Å². The van der Waals surface area contributed by atoms with Crippen LogP contribution >= 0.6 is 11.3 Å². The maximum atomic E-state index is 13.5. The van der Waals surface area contributed by atoms with Gasteiger partial charge in [-0.05, 0) is 38.3 Å². The summed E-state index contributed by atoms with van der Waals surface area (Å²) in [5, 5.41) is 11.5. The van der Waals surface area contributed by atoms with Crippen LogP contribution in [-0.4, -0.2) is 39.6 Å². The fourth-order valence-corrected chi connectivity index (χ4v) is 5.27. The number of carbonyl (C=O) groups is 1. The first kappa shape index (κ1) is 17.6. The van der Waals surface area contributed by atoms with Gasteiger partial charge >= 0.3 is 0 Å². The number of halogens is 1. The number of aryl methyl sites for hydroxylation is 1. The fraction of sp³-hybridized carbons (Fsp3) is 0.500. The van der Waals surface area contributed by atoms with E-state index in [2.05, 4.69) is 4.98 Å². The van der Waals surface area contributed by atoms with Gasteiger partial charge in [-0.25, -0.2) is 9.37 Å². The molecule has 26 heavy (non-hydrogen) atoms. The maximum Gasteiger partial charge on any atom is 0.265 e. The second kappa shape index (κ2) is 6.74. The summed E-state index contributed by atoms with van der Waals surface area (Å²) in [5.74, 6) is -0.156. The zero-order valence-electron chi connectivity index (χ0n) is 14.9. The van der Waals surface area contributed by atoms with E-state index in [9.17, 15) is 14.3 Å². The lowest BCUT2D eigenvalue weighted by atomic mass is 9.71. The van der Waals surface area contributed by atoms with Crippen LogP contribution < -0.4 is 0 Å². The van der Waals surface area contributed by atoms with Crippen LogP contribution in [-0.2, 0) is 0 Å². The van der Waals surface area contributed by atoms with Crippen LogP contribution in [0, 0.1) is 18.7 Å². The molecule has 138 valence electrons. The molecule has 2 aromatic rings. The zero-order valence-corrected chi connectivity index (χ0v) is 15.7. The minimum Gasteiger partial charge on any atom is -0.389 e. The van der Waals surface area contributed by atoms with E-state index in [1.807, 2.05) is 11.8 Å². The first-order chi connectivity index (χ1) is 12.5. The molecule has 2 fully saturated rings. The third-order valence-electron chi connectivity index (χ3n) is 5.78. The minimum atomic E-state index is -0.593. The van der Waals surface area contributed by atoms with E-state index in [-0.39, 0.29) is 17.6 Å². The Morgan fingerprint density at radius 3 is 3.04 bits per heavy atom. The van der Waals surface area contributed by atoms with Crippen molar-refractivity contribution in [2.24, 2.45) is 5.92 Å². The Morgan fingerprint density at radius 1 is 1.38 bits per heavy atom. The van der Waals surface area contributed by atoms with Gasteiger partial charge in [0.25, 0.3) is 5.91 Å². The molecule has 1 aliphatic heterocycles. The highest BCUT2D eigenvalue weighted by atomic mass is 32.1. The van der Waals surface area contributed by atoms with Gasteiger partial charge in [-0.3, -0.25) is 4.79 Å². The number of likely N-dealkylation sites (tertiary alicyclic amines) is 1. The van der Waals surface area contributed by atoms with Gasteiger partial charge < -0.3 is 10.0 Å². The topological polar surface area (TPSA) is 53.4 Å². The van der Waals surface area contributed by atoms with Crippen molar-refractivity contribution in [3.63, 3.8) is 0 Å². The number of hydrogen-bond donors (Lipinski definition) is 1. The zero-order chi connectivity index (χ0) is 18.3. The highest BCUT2D eigenvalue weighted by molar-refractivity contribution is 7.17. The largest absolute Gasteiger partial charge is 0.389 e. The Bertz CT molecular complexity index is 837. The van der Waals surface area contributed by atoms with Gasteiger partial charge in [0, 0.05) is 24.6 Å². The summed E-state index contributed by atoms with van der Waals surface area (Å²) < 4.78 is 13.5. The summed E-state index contributed by atoms with van der Waals surface area (Å²) in [4.78, 5) is 20.0. The number of hydrogen-bond acceptors (Lipinski definition) is 4. The Morgan fingerprint density at radius 2 is 2.23 bits per heavy atom. The maximum absolute atomic E-state index is 13.5. The van der Waals surface area contributed by atoms with Gasteiger partial charge in [0.2, 0.25) is 0 Å². The van der Waals surface area contributed by atoms with Crippen LogP contribution in [0.3, 0.4) is 0 Å². The summed E-state index contributed by atoms with van der Waals surface area (Å²) in [6.45, 7) is 3.02. The standard InChI is InChI=1S/C20H23FN2O2S/c1-13-17(26-18(22-13)14-5-4-7-16(21)11-14)19(24)23-10-9-20(25)8-3-2-6-15(20)12-23/h4-5,7,11,15,25H,2-3,6,8-10,12H2,1H3/t15-,20-/m0/s1. The molecule has 0 radical (unpaired) electrons. The van der Waals surface area contributed by atoms with E-state index in [1.54, 1.807) is 12.1 Å². The molecule has 2 aliphatic rings. The fourth-order valence-electron chi connectivity index (χ4n) is 4.24. The summed E-state index contributed by atoms with van der Waals surface area (Å²) in [6.07, 6.45) is 4.68. The molecule has 1 N–H and O–H groups in total. The average Bonchev–Trinajstić information content (AvgIpc) is 3.02. The van der Waals surface area contributed by atoms with Crippen molar-refractivity contribution in [2.75, 3.05) is 13.1 Å². The minimum absolute atomic E-state index is 0.0183. The summed E-state index contributed by atoms with van der Waals surface area (Å²) >= 11 is 1.32. The monoisotopic (exact) mass is 374 g/mol. The lowest BCUT2D eigenvalue weighted by molar-refractivity contribution is -0.0885. The molecule has 4 nitrogen and oxygen atoms in total. The normalized spacial score (nSPS) is 25.8. The Kier molecular flexibility index (Phi) is 4.57. The van der Waals surface area contributed by atoms with Gasteiger partial charge in [-0.15, -0.1) is 11.3 Å². The number of rotatable bonds is 2. The molecule has 2 heterocycles. The lowest BCUT2D eigenvalue weighted by Crippen LogP contribution is -2.54. The van der Waals surface area contributed by atoms with Crippen LogP contribution in [0.2, 0.25) is 0 Å². The number of benzene rings is 1. The van der Waals surface area contributed by atoms with Crippen LogP contribution in [0.5, 0.6) is 0 Å². The third-order valence-corrected chi connectivity index (χ3v) is 6.97. The highest BCUT2D eigenvalue weighted by Crippen LogP contribution is 2.40. The van der Waals surface area contributed by atoms with Gasteiger partial charge in [0.15, 0.2) is 0 Å². The van der Waals surface area contributed by atoms with Crippen LogP contribution in [0.15, 0.2) is 24.3 Å². The third kappa shape index (κ3) is 3.16. The Balaban J connectivity index is 1.55. The van der Waals surface area contributed by atoms with Crippen LogP contribution in [0.1, 0.15) is 47.5 Å². The number of thiazole rings is 1. The molecule has 1 aliphatic carbocycles. The predicted molar refractivity (Wildman–Crippen MR) is 99.7 cm³/mol. The number of fused-ring (bicyclic) bond motifs is 1. The van der Waals surface area contributed by atoms with Crippen molar-refractivity contribution in [3.8, 4) is 10.6 Å². The van der Waals surface area contributed by atoms with Crippen molar-refractivity contribution in [3.05, 3.63) is 40.7 Å². The molecule has 0 spiro atoms. The molecule has 1 aromatic heterocycles. The molecule has 6 heteroatoms. The van der Waals surface area contributed by atoms with Crippen molar-refractivity contribution in [1.82, 2.24) is 9.88 Å². The number of nitrogens with zero attached hydrogens (tertiary/aromatic N) is 2. The van der Waals surface area contributed by atoms with Crippen molar-refractivity contribution >= 4 is 17.2 Å². The Labute approximate surface area is 156 Å². The molecule has 1 amide bonds. The lowest BCUT2D eigenvalue weighted by Gasteiger charge is -2.47. The van der Waals surface area contributed by atoms with E-state index < -0.39 is 5.60 Å². The van der Waals surface area contributed by atoms with Gasteiger partial charge in [0.05, 0.1) is 11.3 Å². The van der Waals surface area contributed by atoms with E-state index in [1.165, 1.54) is 23.5 Å². The second-order valence-electron chi connectivity index (χ2n) is 7.49. The van der Waals surface area contributed by atoms with Crippen LogP contribution in [0.4, 0.5) is 4.39 Å². The van der Waals surface area contributed by atoms with E-state index in [4.69, 9.17) is 0 Å². The highest BCUT2D eigenvalue weighted by Gasteiger charge is 2.44. The molecule has 4 rings (SSSR count). The Hall–Kier alpha value is -1.79. The summed E-state index contributed by atoms with van der Waals surface area (Å²) in [5.41, 5.74) is 0.783. The van der Waals surface area contributed by atoms with Crippen molar-refractivity contribution < 1.29 is 14.3 Å². The van der Waals surface area contributed by atoms with Gasteiger partial charge in [-0.1, -0.05) is 25.0 Å². The molecular weight excluding hydrogens is 351 g/mol. The first-order valence-electron chi connectivity index (χ1n) is 9.21. The summed E-state index contributed by atoms with van der Waals surface area (Å²) in [7, 11) is 0. The van der Waals surface area contributed by atoms with Crippen molar-refractivity contribution in [2.45, 2.75) is 44.6 Å². The first-order valence-corrected chi connectivity index (χ1v) is 10.0. The van der Waals surface area contributed by atoms with E-state index in [0.717, 1.165) is 25.7 Å². The van der Waals surface area contributed by atoms with Gasteiger partial charge in [-0.2, -0.15) is 0 Å². The quantitative estimate of drug-likeness (QED) is 0.864. The SMILES string of the molecule is Cc1nc(-c2cccc(F)c2)sc1C(=O)N1CC[C@@]2(O)CCCC[C@H]2C1. The second-order valence-corrected chi connectivity index (χ2v) is 8.49. The number of aromatic nitrogens is 1. The van der Waals surface area contributed by atoms with Crippen LogP contribution in [0.25, 0.3) is 10.6 Å². The van der Waals surface area contributed by atoms with Crippen molar-refractivity contribution in [1.29, 1.82) is 0 Å². The molecule has 1 saturated heterocycles. The molecular formula is C20H23FN2O2S. The molecule has 2 atom stereocenters.